The molecule has 0 rings (SSSR count). The number of hydrogen-bond acceptors (Lipinski definition) is 0. The Kier molecular flexibility index (Phi) is 20.3. The minimum atomic E-state index is 0. The Morgan fingerprint density at radius 1 is 0.700 bits per heavy atom. The quantitative estimate of drug-likeness (QED) is 0.294. The maximum atomic E-state index is 2.34. The molecule has 0 aliphatic carbocycles. The molecule has 0 spiro atoms. The van der Waals surface area contributed by atoms with Gasteiger partial charge < -0.3 is 0 Å². The lowest BCUT2D eigenvalue weighted by molar-refractivity contribution is -0.938. The van der Waals surface area contributed by atoms with E-state index < -0.39 is 0 Å². The third-order valence-electron chi connectivity index (χ3n) is 4.27. The van der Waals surface area contributed by atoms with Gasteiger partial charge in [0.2, 0.25) is 0 Å². The summed E-state index contributed by atoms with van der Waals surface area (Å²) in [6.45, 7) is 13.6. The molecular formula is C16H46B2NP. The molecule has 1 nitrogen and oxygen atoms in total. The SMILES string of the molecule is CCCC[N+](CCCC)(CCCC)C([PH3+])CCC.[BH4-].[BH4-]. The highest BCUT2D eigenvalue weighted by Gasteiger charge is 2.34. The molecule has 0 aromatic carbocycles. The second-order valence-corrected chi connectivity index (χ2v) is 6.84. The van der Waals surface area contributed by atoms with Crippen LogP contribution in [0.1, 0.15) is 79.1 Å². The van der Waals surface area contributed by atoms with Crippen LogP contribution in [0.15, 0.2) is 0 Å². The summed E-state index contributed by atoms with van der Waals surface area (Å²) >= 11 is 0. The highest BCUT2D eigenvalue weighted by Crippen LogP contribution is 2.27. The number of unbranched alkanes of at least 4 members (excludes halogenated alkanes) is 3. The summed E-state index contributed by atoms with van der Waals surface area (Å²) in [5.41, 5.74) is 0. The molecule has 0 heterocycles. The minimum absolute atomic E-state index is 0. The van der Waals surface area contributed by atoms with E-state index >= 15 is 0 Å². The minimum Gasteiger partial charge on any atom is -0.291 e. The maximum Gasteiger partial charge on any atom is 0.183 e. The molecule has 2 atom stereocenters. The summed E-state index contributed by atoms with van der Waals surface area (Å²) in [7, 11) is 2.28. The fourth-order valence-electron chi connectivity index (χ4n) is 2.91. The molecule has 0 aromatic rings. The lowest BCUT2D eigenvalue weighted by Gasteiger charge is -2.41. The first-order chi connectivity index (χ1) is 8.66. The molecular weight excluding hydrogens is 259 g/mol. The van der Waals surface area contributed by atoms with Crippen LogP contribution < -0.4 is 0 Å². The van der Waals surface area contributed by atoms with Crippen molar-refractivity contribution in [2.75, 3.05) is 19.6 Å². The van der Waals surface area contributed by atoms with E-state index in [0.29, 0.717) is 0 Å². The smallest absolute Gasteiger partial charge is 0.183 e. The zero-order chi connectivity index (χ0) is 13.9. The molecule has 0 aromatic heterocycles. The summed E-state index contributed by atoms with van der Waals surface area (Å²) < 4.78 is 1.42. The van der Waals surface area contributed by atoms with Gasteiger partial charge in [0.05, 0.1) is 19.6 Å². The molecule has 20 heavy (non-hydrogen) atoms. The van der Waals surface area contributed by atoms with Crippen LogP contribution in [0.25, 0.3) is 0 Å². The predicted molar refractivity (Wildman–Crippen MR) is 112 cm³/mol. The molecule has 4 heteroatoms. The van der Waals surface area contributed by atoms with Gasteiger partial charge in [-0.15, -0.1) is 0 Å². The molecule has 126 valence electrons. The van der Waals surface area contributed by atoms with Crippen LogP contribution in [0.3, 0.4) is 0 Å². The standard InChI is InChI=1S/C16H37NP.2BH4/c1-5-9-13-17(14-10-6-2,15-11-7-3)16(18)12-8-4;;/h16H,5-15,18H2,1-4H3;2*1H4/q+1;2*-1/p+1. The Hall–Kier alpha value is 0.520. The summed E-state index contributed by atoms with van der Waals surface area (Å²) in [5, 5.41) is 0. The molecule has 0 N–H and O–H groups in total. The van der Waals surface area contributed by atoms with Crippen molar-refractivity contribution in [1.82, 2.24) is 0 Å². The van der Waals surface area contributed by atoms with Gasteiger partial charge in [0.1, 0.15) is 0 Å². The molecule has 0 aliphatic rings. The van der Waals surface area contributed by atoms with Crippen LogP contribution >= 0.6 is 9.24 Å². The van der Waals surface area contributed by atoms with Crippen molar-refractivity contribution in [2.24, 2.45) is 0 Å². The molecule has 0 saturated heterocycles. The van der Waals surface area contributed by atoms with Crippen molar-refractivity contribution in [2.45, 2.75) is 84.8 Å². The highest BCUT2D eigenvalue weighted by molar-refractivity contribution is 7.17. The Morgan fingerprint density at radius 3 is 1.30 bits per heavy atom. The van der Waals surface area contributed by atoms with Crippen molar-refractivity contribution in [3.05, 3.63) is 0 Å². The van der Waals surface area contributed by atoms with Gasteiger partial charge in [-0.2, -0.15) is 0 Å². The van der Waals surface area contributed by atoms with Crippen LogP contribution in [-0.2, 0) is 0 Å². The zero-order valence-electron chi connectivity index (χ0n) is 13.5. The topological polar surface area (TPSA) is 0 Å². The van der Waals surface area contributed by atoms with E-state index in [9.17, 15) is 0 Å². The second-order valence-electron chi connectivity index (χ2n) is 5.89. The van der Waals surface area contributed by atoms with Crippen LogP contribution in [0.5, 0.6) is 0 Å². The zero-order valence-corrected chi connectivity index (χ0v) is 14.9. The van der Waals surface area contributed by atoms with Gasteiger partial charge in [-0.3, -0.25) is 4.48 Å². The van der Waals surface area contributed by atoms with E-state index in [1.54, 1.807) is 0 Å². The largest absolute Gasteiger partial charge is 0.291 e. The van der Waals surface area contributed by atoms with Crippen molar-refractivity contribution < 1.29 is 4.48 Å². The lowest BCUT2D eigenvalue weighted by atomic mass is 10.1. The van der Waals surface area contributed by atoms with Crippen LogP contribution in [0.4, 0.5) is 0 Å². The highest BCUT2D eigenvalue weighted by atomic mass is 31.0. The third-order valence-corrected chi connectivity index (χ3v) is 5.45. The Bertz CT molecular complexity index is 170. The van der Waals surface area contributed by atoms with E-state index in [2.05, 4.69) is 36.9 Å². The van der Waals surface area contributed by atoms with E-state index in [4.69, 9.17) is 0 Å². The fraction of sp³-hybridized carbons (Fsp3) is 1.00. The van der Waals surface area contributed by atoms with Crippen molar-refractivity contribution in [3.8, 4) is 0 Å². The average Bonchev–Trinajstić information content (AvgIpc) is 2.38. The average molecular weight is 305 g/mol. The first-order valence-corrected chi connectivity index (χ1v) is 9.17. The monoisotopic (exact) mass is 305 g/mol. The van der Waals surface area contributed by atoms with Crippen LogP contribution in [0.2, 0.25) is 0 Å². The van der Waals surface area contributed by atoms with Gasteiger partial charge in [0, 0.05) is 15.7 Å². The van der Waals surface area contributed by atoms with Gasteiger partial charge in [-0.1, -0.05) is 63.8 Å². The van der Waals surface area contributed by atoms with E-state index in [1.807, 2.05) is 0 Å². The summed E-state index contributed by atoms with van der Waals surface area (Å²) in [5.74, 6) is 0.889. The number of hydrogen-bond donors (Lipinski definition) is 0. The number of nitrogens with zero attached hydrogens (tertiary/aromatic N) is 1. The maximum absolute atomic E-state index is 2.34. The van der Waals surface area contributed by atoms with Crippen LogP contribution in [-0.4, -0.2) is 46.7 Å². The molecule has 0 aliphatic heterocycles. The van der Waals surface area contributed by atoms with Crippen molar-refractivity contribution >= 4 is 26.1 Å². The Balaban J connectivity index is -0.00000144. The Labute approximate surface area is 135 Å². The van der Waals surface area contributed by atoms with Crippen molar-refractivity contribution in [1.29, 1.82) is 0 Å². The normalized spacial score (nSPS) is 12.6. The van der Waals surface area contributed by atoms with Gasteiger partial charge in [-0.25, -0.2) is 0 Å². The molecule has 2 unspecified atom stereocenters. The fourth-order valence-corrected chi connectivity index (χ4v) is 3.87. The first-order valence-electron chi connectivity index (χ1n) is 8.35. The van der Waals surface area contributed by atoms with Gasteiger partial charge >= 0.3 is 0 Å². The van der Waals surface area contributed by atoms with Crippen LogP contribution in [0, 0.1) is 0 Å². The number of quaternary nitrogens is 1. The van der Waals surface area contributed by atoms with Gasteiger partial charge in [-0.05, 0) is 25.7 Å². The summed E-state index contributed by atoms with van der Waals surface area (Å²) in [4.78, 5) is 0. The van der Waals surface area contributed by atoms with E-state index in [0.717, 1.165) is 5.78 Å². The lowest BCUT2D eigenvalue weighted by Crippen LogP contribution is -2.54. The van der Waals surface area contributed by atoms with E-state index in [1.165, 1.54) is 75.5 Å². The van der Waals surface area contributed by atoms with E-state index in [-0.39, 0.29) is 16.8 Å². The molecule has 0 radical (unpaired) electrons. The third kappa shape index (κ3) is 9.46. The van der Waals surface area contributed by atoms with Gasteiger partial charge in [0.25, 0.3) is 0 Å². The summed E-state index contributed by atoms with van der Waals surface area (Å²) in [6.07, 6.45) is 11.0. The summed E-state index contributed by atoms with van der Waals surface area (Å²) in [6, 6.07) is 0. The molecule has 0 fully saturated rings. The predicted octanol–water partition coefficient (Wildman–Crippen LogP) is 2.03. The molecule has 0 amide bonds. The Morgan fingerprint density at radius 2 is 1.05 bits per heavy atom. The first kappa shape index (κ1) is 25.5. The molecule has 0 saturated carbocycles. The second kappa shape index (κ2) is 15.9. The van der Waals surface area contributed by atoms with Gasteiger partial charge in [0.15, 0.2) is 5.78 Å². The number of rotatable bonds is 12. The molecule has 0 bridgehead atoms. The van der Waals surface area contributed by atoms with Crippen molar-refractivity contribution in [3.63, 3.8) is 0 Å².